The third-order valence-electron chi connectivity index (χ3n) is 4.88. The van der Waals surface area contributed by atoms with Gasteiger partial charge in [0, 0.05) is 23.0 Å². The Morgan fingerprint density at radius 2 is 2.00 bits per heavy atom. The first-order valence-electron chi connectivity index (χ1n) is 8.77. The van der Waals surface area contributed by atoms with Gasteiger partial charge in [-0.15, -0.1) is 0 Å². The fraction of sp³-hybridized carbons (Fsp3) is 0.400. The lowest BCUT2D eigenvalue weighted by Gasteiger charge is -2.28. The number of hydrogen-bond acceptors (Lipinski definition) is 3. The summed E-state index contributed by atoms with van der Waals surface area (Å²) in [4.78, 5) is 26.9. The Morgan fingerprint density at radius 3 is 2.65 bits per heavy atom. The fourth-order valence-electron chi connectivity index (χ4n) is 3.25. The average Bonchev–Trinajstić information content (AvgIpc) is 3.31. The van der Waals surface area contributed by atoms with Gasteiger partial charge in [-0.3, -0.25) is 9.59 Å². The third kappa shape index (κ3) is 4.01. The minimum atomic E-state index is -0.437. The Morgan fingerprint density at radius 1 is 1.27 bits per heavy atom. The zero-order chi connectivity index (χ0) is 18.7. The molecule has 1 fully saturated rings. The number of hydrogen-bond donors (Lipinski definition) is 1. The number of nitrogens with one attached hydrogen (secondary N) is 1. The van der Waals surface area contributed by atoms with Crippen molar-refractivity contribution < 1.29 is 14.0 Å². The highest BCUT2D eigenvalue weighted by Gasteiger charge is 2.36. The van der Waals surface area contributed by atoms with Crippen LogP contribution in [-0.2, 0) is 10.2 Å². The Labute approximate surface area is 161 Å². The minimum absolute atomic E-state index is 0.104. The van der Waals surface area contributed by atoms with Crippen LogP contribution >= 0.6 is 15.9 Å². The summed E-state index contributed by atoms with van der Waals surface area (Å²) in [6, 6.07) is 11.0. The van der Waals surface area contributed by atoms with E-state index in [4.69, 9.17) is 4.42 Å². The molecule has 0 bridgehead atoms. The van der Waals surface area contributed by atoms with Gasteiger partial charge in [0.05, 0.1) is 6.26 Å². The summed E-state index contributed by atoms with van der Waals surface area (Å²) in [5.41, 5.74) is 0.945. The van der Waals surface area contributed by atoms with Gasteiger partial charge < -0.3 is 14.6 Å². The summed E-state index contributed by atoms with van der Waals surface area (Å²) in [5, 5.41) is 3.03. The smallest absolute Gasteiger partial charge is 0.290 e. The van der Waals surface area contributed by atoms with Crippen LogP contribution in [0.4, 0.5) is 0 Å². The maximum absolute atomic E-state index is 12.7. The molecule has 1 aromatic heterocycles. The van der Waals surface area contributed by atoms with Crippen molar-refractivity contribution in [3.05, 3.63) is 58.5 Å². The summed E-state index contributed by atoms with van der Waals surface area (Å²) < 4.78 is 6.22. The van der Waals surface area contributed by atoms with Crippen molar-refractivity contribution in [3.8, 4) is 0 Å². The van der Waals surface area contributed by atoms with Crippen molar-refractivity contribution in [1.29, 1.82) is 0 Å². The maximum Gasteiger partial charge on any atom is 0.290 e. The molecule has 1 atom stereocenters. The van der Waals surface area contributed by atoms with Gasteiger partial charge in [0.2, 0.25) is 5.91 Å². The number of amides is 2. The molecule has 138 valence electrons. The van der Waals surface area contributed by atoms with Gasteiger partial charge in [-0.2, -0.15) is 0 Å². The van der Waals surface area contributed by atoms with Crippen LogP contribution in [0, 0.1) is 0 Å². The molecular weight excluding hydrogens is 396 g/mol. The molecule has 2 amide bonds. The molecule has 3 rings (SSSR count). The molecule has 26 heavy (non-hydrogen) atoms. The van der Waals surface area contributed by atoms with Crippen molar-refractivity contribution in [2.24, 2.45) is 0 Å². The number of rotatable bonds is 5. The van der Waals surface area contributed by atoms with Crippen LogP contribution in [0.25, 0.3) is 0 Å². The molecule has 0 radical (unpaired) electrons. The normalized spacial score (nSPS) is 17.3. The molecule has 0 aliphatic carbocycles. The number of furan rings is 1. The third-order valence-corrected chi connectivity index (χ3v) is 5.41. The molecule has 0 unspecified atom stereocenters. The van der Waals surface area contributed by atoms with E-state index in [9.17, 15) is 9.59 Å². The van der Waals surface area contributed by atoms with Crippen molar-refractivity contribution in [3.63, 3.8) is 0 Å². The van der Waals surface area contributed by atoms with Crippen molar-refractivity contribution in [2.45, 2.75) is 38.1 Å². The Balaban J connectivity index is 1.63. The first-order chi connectivity index (χ1) is 12.4. The number of benzene rings is 1. The molecule has 1 N–H and O–H groups in total. The van der Waals surface area contributed by atoms with Gasteiger partial charge in [-0.05, 0) is 42.7 Å². The summed E-state index contributed by atoms with van der Waals surface area (Å²) in [6.45, 7) is 5.27. The molecular formula is C20H23BrN2O3. The summed E-state index contributed by atoms with van der Waals surface area (Å²) in [6.07, 6.45) is 2.97. The molecule has 0 spiro atoms. The second-order valence-electron chi connectivity index (χ2n) is 7.24. The second kappa shape index (κ2) is 7.66. The maximum atomic E-state index is 12.7. The highest BCUT2D eigenvalue weighted by molar-refractivity contribution is 9.10. The minimum Gasteiger partial charge on any atom is -0.459 e. The molecule has 1 aliphatic rings. The van der Waals surface area contributed by atoms with Crippen LogP contribution in [0.2, 0.25) is 0 Å². The Bertz CT molecular complexity index is 769. The first-order valence-corrected chi connectivity index (χ1v) is 9.56. The van der Waals surface area contributed by atoms with E-state index in [2.05, 4.69) is 47.2 Å². The molecule has 2 aromatic rings. The molecule has 1 saturated heterocycles. The van der Waals surface area contributed by atoms with Gasteiger partial charge in [-0.1, -0.05) is 41.9 Å². The van der Waals surface area contributed by atoms with Gasteiger partial charge in [-0.25, -0.2) is 0 Å². The van der Waals surface area contributed by atoms with Crippen molar-refractivity contribution in [1.82, 2.24) is 10.2 Å². The summed E-state index contributed by atoms with van der Waals surface area (Å²) in [5.74, 6) is -0.0488. The SMILES string of the molecule is CC(C)(CNC(=O)[C@@H]1CCCN1C(=O)c1ccco1)c1ccc(Br)cc1. The van der Waals surface area contributed by atoms with Crippen molar-refractivity contribution in [2.75, 3.05) is 13.1 Å². The quantitative estimate of drug-likeness (QED) is 0.803. The van der Waals surface area contributed by atoms with E-state index in [0.29, 0.717) is 19.5 Å². The summed E-state index contributed by atoms with van der Waals surface area (Å²) >= 11 is 3.44. The van der Waals surface area contributed by atoms with Gasteiger partial charge in [0.1, 0.15) is 6.04 Å². The largest absolute Gasteiger partial charge is 0.459 e. The van der Waals surface area contributed by atoms with E-state index in [1.54, 1.807) is 17.0 Å². The van der Waals surface area contributed by atoms with E-state index in [1.807, 2.05) is 12.1 Å². The monoisotopic (exact) mass is 418 g/mol. The number of carbonyl (C=O) groups is 2. The predicted octanol–water partition coefficient (Wildman–Crippen LogP) is 3.74. The lowest BCUT2D eigenvalue weighted by Crippen LogP contribution is -2.48. The van der Waals surface area contributed by atoms with Crippen LogP contribution < -0.4 is 5.32 Å². The molecule has 0 saturated carbocycles. The Hall–Kier alpha value is -2.08. The van der Waals surface area contributed by atoms with E-state index in [0.717, 1.165) is 16.5 Å². The second-order valence-corrected chi connectivity index (χ2v) is 8.16. The van der Waals surface area contributed by atoms with Gasteiger partial charge >= 0.3 is 0 Å². The van der Waals surface area contributed by atoms with Gasteiger partial charge in [0.25, 0.3) is 5.91 Å². The van der Waals surface area contributed by atoms with Crippen LogP contribution in [0.5, 0.6) is 0 Å². The summed E-state index contributed by atoms with van der Waals surface area (Å²) in [7, 11) is 0. The number of halogens is 1. The lowest BCUT2D eigenvalue weighted by atomic mass is 9.84. The number of likely N-dealkylation sites (tertiary alicyclic amines) is 1. The molecule has 2 heterocycles. The highest BCUT2D eigenvalue weighted by atomic mass is 79.9. The predicted molar refractivity (Wildman–Crippen MR) is 103 cm³/mol. The van der Waals surface area contributed by atoms with Gasteiger partial charge in [0.15, 0.2) is 5.76 Å². The molecule has 5 nitrogen and oxygen atoms in total. The van der Waals surface area contributed by atoms with E-state index in [1.165, 1.54) is 6.26 Å². The van der Waals surface area contributed by atoms with Crippen molar-refractivity contribution >= 4 is 27.7 Å². The topological polar surface area (TPSA) is 62.6 Å². The van der Waals surface area contributed by atoms with Crippen LogP contribution in [-0.4, -0.2) is 35.8 Å². The van der Waals surface area contributed by atoms with E-state index >= 15 is 0 Å². The first kappa shape index (κ1) is 18.7. The van der Waals surface area contributed by atoms with Crippen LogP contribution in [0.1, 0.15) is 42.8 Å². The molecule has 6 heteroatoms. The highest BCUT2D eigenvalue weighted by Crippen LogP contribution is 2.25. The zero-order valence-corrected chi connectivity index (χ0v) is 16.6. The van der Waals surface area contributed by atoms with Crippen LogP contribution in [0.15, 0.2) is 51.6 Å². The molecule has 1 aromatic carbocycles. The number of nitrogens with zero attached hydrogens (tertiary/aromatic N) is 1. The number of carbonyl (C=O) groups excluding carboxylic acids is 2. The van der Waals surface area contributed by atoms with E-state index in [-0.39, 0.29) is 23.0 Å². The van der Waals surface area contributed by atoms with E-state index < -0.39 is 6.04 Å². The fourth-order valence-corrected chi connectivity index (χ4v) is 3.52. The molecule has 1 aliphatic heterocycles. The average molecular weight is 419 g/mol. The zero-order valence-electron chi connectivity index (χ0n) is 15.0. The lowest BCUT2D eigenvalue weighted by molar-refractivity contribution is -0.125. The standard InChI is InChI=1S/C20H23BrN2O3/c1-20(2,14-7-9-15(21)10-8-14)13-22-18(24)16-5-3-11-23(16)19(25)17-6-4-12-26-17/h4,6-10,12,16H,3,5,11,13H2,1-2H3,(H,22,24)/t16-/m0/s1. The Kier molecular flexibility index (Phi) is 5.51. The van der Waals surface area contributed by atoms with Crippen LogP contribution in [0.3, 0.4) is 0 Å².